The smallest absolute Gasteiger partial charge is 0.229 e. The molecule has 0 radical (unpaired) electrons. The molecule has 86 valence electrons. The van der Waals surface area contributed by atoms with Gasteiger partial charge in [-0.3, -0.25) is 4.79 Å². The molecule has 3 nitrogen and oxygen atoms in total. The first-order valence-corrected chi connectivity index (χ1v) is 5.79. The van der Waals surface area contributed by atoms with Crippen molar-refractivity contribution in [2.75, 3.05) is 11.4 Å². The molecule has 0 aliphatic carbocycles. The minimum atomic E-state index is -0.741. The largest absolute Gasteiger partial charge is 0.391 e. The van der Waals surface area contributed by atoms with Gasteiger partial charge in [0.15, 0.2) is 0 Å². The molecule has 0 bridgehead atoms. The Morgan fingerprint density at radius 1 is 1.56 bits per heavy atom. The van der Waals surface area contributed by atoms with E-state index >= 15 is 0 Å². The van der Waals surface area contributed by atoms with Gasteiger partial charge in [0.25, 0.3) is 0 Å². The van der Waals surface area contributed by atoms with Crippen LogP contribution in [0.25, 0.3) is 0 Å². The fourth-order valence-electron chi connectivity index (χ4n) is 1.64. The van der Waals surface area contributed by atoms with Gasteiger partial charge in [0.2, 0.25) is 5.91 Å². The molecule has 1 amide bonds. The number of carbonyl (C=O) groups is 1. The van der Waals surface area contributed by atoms with E-state index in [0.29, 0.717) is 9.50 Å². The number of amides is 1. The maximum atomic E-state index is 13.6. The summed E-state index contributed by atoms with van der Waals surface area (Å²) in [5, 5.41) is 9.64. The molecule has 1 aromatic carbocycles. The molecule has 0 spiro atoms. The number of benzene rings is 1. The van der Waals surface area contributed by atoms with E-state index in [1.165, 1.54) is 17.0 Å². The van der Waals surface area contributed by atoms with Gasteiger partial charge in [0.1, 0.15) is 5.82 Å². The lowest BCUT2D eigenvalue weighted by molar-refractivity contribution is -0.117. The second-order valence-corrected chi connectivity index (χ2v) is 4.84. The van der Waals surface area contributed by atoms with Crippen molar-refractivity contribution in [1.29, 1.82) is 0 Å². The maximum Gasteiger partial charge on any atom is 0.229 e. The summed E-state index contributed by atoms with van der Waals surface area (Å²) in [5.74, 6) is -0.844. The number of rotatable bonds is 1. The summed E-state index contributed by atoms with van der Waals surface area (Å²) in [5.41, 5.74) is 0.106. The monoisotopic (exact) mass is 307 g/mol. The number of hydrogen-bond acceptors (Lipinski definition) is 2. The standard InChI is InChI=1S/C10H8BrClFNO2/c11-6-2-8(13)9(3-7(6)12)14-4-5(15)1-10(14)16/h2-3,5,15H,1,4H2. The van der Waals surface area contributed by atoms with Crippen LogP contribution in [0.1, 0.15) is 6.42 Å². The van der Waals surface area contributed by atoms with E-state index in [1.807, 2.05) is 0 Å². The predicted molar refractivity (Wildman–Crippen MR) is 62.1 cm³/mol. The van der Waals surface area contributed by atoms with Gasteiger partial charge in [0.05, 0.1) is 29.8 Å². The Morgan fingerprint density at radius 2 is 2.25 bits per heavy atom. The number of carbonyl (C=O) groups excluding carboxylic acids is 1. The van der Waals surface area contributed by atoms with Crippen molar-refractivity contribution in [3.05, 3.63) is 27.4 Å². The van der Waals surface area contributed by atoms with Gasteiger partial charge in [-0.15, -0.1) is 0 Å². The van der Waals surface area contributed by atoms with Crippen LogP contribution in [0.3, 0.4) is 0 Å². The summed E-state index contributed by atoms with van der Waals surface area (Å²) < 4.78 is 14.1. The molecule has 1 aliphatic heterocycles. The van der Waals surface area contributed by atoms with Gasteiger partial charge in [-0.1, -0.05) is 11.6 Å². The number of halogens is 3. The van der Waals surface area contributed by atoms with Crippen molar-refractivity contribution in [1.82, 2.24) is 0 Å². The molecular weight excluding hydrogens is 300 g/mol. The Balaban J connectivity index is 2.41. The number of nitrogens with zero attached hydrogens (tertiary/aromatic N) is 1. The number of aliphatic hydroxyl groups excluding tert-OH is 1. The Morgan fingerprint density at radius 3 is 2.81 bits per heavy atom. The van der Waals surface area contributed by atoms with Crippen LogP contribution in [0.4, 0.5) is 10.1 Å². The van der Waals surface area contributed by atoms with E-state index < -0.39 is 11.9 Å². The Labute approximate surface area is 105 Å². The molecular formula is C10H8BrClFNO2. The number of anilines is 1. The normalized spacial score (nSPS) is 20.6. The van der Waals surface area contributed by atoms with E-state index in [2.05, 4.69) is 15.9 Å². The van der Waals surface area contributed by atoms with Crippen molar-refractivity contribution in [3.8, 4) is 0 Å². The van der Waals surface area contributed by atoms with E-state index in [9.17, 15) is 14.3 Å². The summed E-state index contributed by atoms with van der Waals surface area (Å²) in [7, 11) is 0. The highest BCUT2D eigenvalue weighted by atomic mass is 79.9. The molecule has 2 rings (SSSR count). The van der Waals surface area contributed by atoms with E-state index in [-0.39, 0.29) is 24.6 Å². The Kier molecular flexibility index (Phi) is 3.19. The van der Waals surface area contributed by atoms with Gasteiger partial charge in [-0.2, -0.15) is 0 Å². The third kappa shape index (κ3) is 2.07. The first-order chi connectivity index (χ1) is 7.49. The molecule has 0 saturated carbocycles. The summed E-state index contributed by atoms with van der Waals surface area (Å²) in [6.07, 6.45) is -0.720. The van der Waals surface area contributed by atoms with Crippen LogP contribution in [-0.2, 0) is 4.79 Å². The van der Waals surface area contributed by atoms with Gasteiger partial charge in [-0.05, 0) is 28.1 Å². The molecule has 16 heavy (non-hydrogen) atoms. The van der Waals surface area contributed by atoms with Crippen molar-refractivity contribution >= 4 is 39.1 Å². The Bertz CT molecular complexity index is 455. The Hall–Kier alpha value is -0.650. The zero-order chi connectivity index (χ0) is 11.9. The third-order valence-electron chi connectivity index (χ3n) is 2.39. The van der Waals surface area contributed by atoms with Gasteiger partial charge < -0.3 is 10.0 Å². The summed E-state index contributed by atoms with van der Waals surface area (Å²) in [4.78, 5) is 12.7. The van der Waals surface area contributed by atoms with Crippen molar-refractivity contribution in [2.24, 2.45) is 0 Å². The van der Waals surface area contributed by atoms with Crippen molar-refractivity contribution in [3.63, 3.8) is 0 Å². The topological polar surface area (TPSA) is 40.5 Å². The molecule has 1 aliphatic rings. The van der Waals surface area contributed by atoms with E-state index in [0.717, 1.165) is 0 Å². The first kappa shape index (κ1) is 11.8. The average Bonchev–Trinajstić information content (AvgIpc) is 2.51. The fourth-order valence-corrected chi connectivity index (χ4v) is 2.11. The highest BCUT2D eigenvalue weighted by molar-refractivity contribution is 9.10. The summed E-state index contributed by atoms with van der Waals surface area (Å²) >= 11 is 8.93. The van der Waals surface area contributed by atoms with Crippen LogP contribution in [0.5, 0.6) is 0 Å². The minimum Gasteiger partial charge on any atom is -0.391 e. The number of β-amino-alcohol motifs (C(OH)–C–C–N with tert-alkyl or cyclic N) is 1. The van der Waals surface area contributed by atoms with Gasteiger partial charge >= 0.3 is 0 Å². The second kappa shape index (κ2) is 4.31. The van der Waals surface area contributed by atoms with Crippen molar-refractivity contribution in [2.45, 2.75) is 12.5 Å². The maximum absolute atomic E-state index is 13.6. The van der Waals surface area contributed by atoms with Crippen LogP contribution in [0.2, 0.25) is 5.02 Å². The summed E-state index contributed by atoms with van der Waals surface area (Å²) in [6, 6.07) is 2.58. The lowest BCUT2D eigenvalue weighted by atomic mass is 10.3. The van der Waals surface area contributed by atoms with Crippen LogP contribution in [0.15, 0.2) is 16.6 Å². The lowest BCUT2D eigenvalue weighted by Crippen LogP contribution is -2.26. The minimum absolute atomic E-state index is 0.0210. The third-order valence-corrected chi connectivity index (χ3v) is 3.58. The SMILES string of the molecule is O=C1CC(O)CN1c1cc(Cl)c(Br)cc1F. The predicted octanol–water partition coefficient (Wildman–Crippen LogP) is 2.34. The molecule has 1 unspecified atom stereocenters. The van der Waals surface area contributed by atoms with Gasteiger partial charge in [-0.25, -0.2) is 4.39 Å². The molecule has 1 saturated heterocycles. The van der Waals surface area contributed by atoms with Crippen LogP contribution in [0, 0.1) is 5.82 Å². The van der Waals surface area contributed by atoms with E-state index in [1.54, 1.807) is 0 Å². The molecule has 1 heterocycles. The molecule has 1 fully saturated rings. The molecule has 1 atom stereocenters. The quantitative estimate of drug-likeness (QED) is 0.809. The average molecular weight is 309 g/mol. The van der Waals surface area contributed by atoms with Crippen LogP contribution >= 0.6 is 27.5 Å². The van der Waals surface area contributed by atoms with Crippen LogP contribution in [-0.4, -0.2) is 23.7 Å². The highest BCUT2D eigenvalue weighted by Gasteiger charge is 2.31. The zero-order valence-corrected chi connectivity index (χ0v) is 10.4. The molecule has 0 aromatic heterocycles. The second-order valence-electron chi connectivity index (χ2n) is 3.58. The number of hydrogen-bond donors (Lipinski definition) is 1. The lowest BCUT2D eigenvalue weighted by Gasteiger charge is -2.17. The molecule has 1 N–H and O–H groups in total. The van der Waals surface area contributed by atoms with Gasteiger partial charge in [0, 0.05) is 4.47 Å². The number of aliphatic hydroxyl groups is 1. The van der Waals surface area contributed by atoms with Crippen molar-refractivity contribution < 1.29 is 14.3 Å². The van der Waals surface area contributed by atoms with Crippen LogP contribution < -0.4 is 4.90 Å². The molecule has 6 heteroatoms. The highest BCUT2D eigenvalue weighted by Crippen LogP contribution is 2.32. The van der Waals surface area contributed by atoms with E-state index in [4.69, 9.17) is 11.6 Å². The molecule has 1 aromatic rings. The fraction of sp³-hybridized carbons (Fsp3) is 0.300. The first-order valence-electron chi connectivity index (χ1n) is 4.62. The summed E-state index contributed by atoms with van der Waals surface area (Å²) in [6.45, 7) is 0.105. The zero-order valence-electron chi connectivity index (χ0n) is 8.08.